The Balaban J connectivity index is 2.61. The molecule has 0 fully saturated rings. The van der Waals surface area contributed by atoms with E-state index in [0.717, 1.165) is 0 Å². The third-order valence-electron chi connectivity index (χ3n) is 1.83. The molecular weight excluding hydrogens is 205 g/mol. The molecule has 2 rings (SSSR count). The van der Waals surface area contributed by atoms with Gasteiger partial charge in [0.25, 0.3) is 0 Å². The summed E-state index contributed by atoms with van der Waals surface area (Å²) in [6.07, 6.45) is 0. The Hall–Kier alpha value is -1.55. The second-order valence-corrected chi connectivity index (χ2v) is 3.21. The van der Waals surface area contributed by atoms with Crippen molar-refractivity contribution in [2.45, 2.75) is 0 Å². The first-order valence-electron chi connectivity index (χ1n) is 3.94. The van der Waals surface area contributed by atoms with E-state index in [1.165, 1.54) is 12.1 Å². The zero-order valence-corrected chi connectivity index (χ0v) is 7.85. The zero-order valence-electron chi connectivity index (χ0n) is 7.09. The zero-order chi connectivity index (χ0) is 10.1. The van der Waals surface area contributed by atoms with Gasteiger partial charge in [-0.05, 0) is 12.1 Å². The third-order valence-corrected chi connectivity index (χ3v) is 2.14. The van der Waals surface area contributed by atoms with Crippen molar-refractivity contribution in [1.82, 2.24) is 10.2 Å². The molecule has 0 aliphatic carbocycles. The minimum atomic E-state index is -0.402. The van der Waals surface area contributed by atoms with Gasteiger partial charge in [-0.25, -0.2) is 4.39 Å². The van der Waals surface area contributed by atoms with Crippen molar-refractivity contribution in [2.75, 3.05) is 5.73 Å². The quantitative estimate of drug-likeness (QED) is 0.761. The normalized spacial score (nSPS) is 10.4. The highest BCUT2D eigenvalue weighted by atomic mass is 35.5. The molecule has 3 nitrogen and oxygen atoms in total. The molecule has 5 heteroatoms. The average Bonchev–Trinajstić information content (AvgIpc) is 2.51. The van der Waals surface area contributed by atoms with Crippen molar-refractivity contribution in [2.24, 2.45) is 0 Å². The van der Waals surface area contributed by atoms with Crippen LogP contribution in [0.5, 0.6) is 0 Å². The molecule has 1 aromatic carbocycles. The van der Waals surface area contributed by atoms with Crippen LogP contribution in [0.2, 0.25) is 5.02 Å². The number of aromatic nitrogens is 2. The topological polar surface area (TPSA) is 54.7 Å². The highest BCUT2D eigenvalue weighted by Gasteiger charge is 2.11. The molecule has 0 saturated carbocycles. The maximum atomic E-state index is 13.4. The van der Waals surface area contributed by atoms with Crippen molar-refractivity contribution < 1.29 is 4.39 Å². The Bertz CT molecular complexity index is 447. The number of nitrogens with zero attached hydrogens (tertiary/aromatic N) is 1. The average molecular weight is 212 g/mol. The summed E-state index contributed by atoms with van der Waals surface area (Å²) in [4.78, 5) is 0. The minimum absolute atomic E-state index is 0.290. The maximum Gasteiger partial charge on any atom is 0.145 e. The molecule has 0 aliphatic heterocycles. The highest BCUT2D eigenvalue weighted by molar-refractivity contribution is 6.33. The molecule has 0 radical (unpaired) electrons. The lowest BCUT2D eigenvalue weighted by Crippen LogP contribution is -1.85. The number of rotatable bonds is 1. The second kappa shape index (κ2) is 3.31. The molecule has 0 atom stereocenters. The standard InChI is InChI=1S/C9H7ClFN3/c10-5-2-1-3-6(11)9(5)7-4-8(12)14-13-7/h1-4H,(H3,12,13,14). The number of anilines is 1. The number of H-pyrrole nitrogens is 1. The molecule has 14 heavy (non-hydrogen) atoms. The van der Waals surface area contributed by atoms with E-state index in [1.54, 1.807) is 12.1 Å². The second-order valence-electron chi connectivity index (χ2n) is 2.80. The van der Waals surface area contributed by atoms with Crippen LogP contribution in [-0.4, -0.2) is 10.2 Å². The highest BCUT2D eigenvalue weighted by Crippen LogP contribution is 2.29. The number of nitrogens with one attached hydrogen (secondary N) is 1. The molecule has 0 spiro atoms. The molecule has 0 unspecified atom stereocenters. The molecule has 3 N–H and O–H groups in total. The fraction of sp³-hybridized carbons (Fsp3) is 0. The minimum Gasteiger partial charge on any atom is -0.382 e. The first-order chi connectivity index (χ1) is 6.68. The van der Waals surface area contributed by atoms with Crippen molar-refractivity contribution >= 4 is 17.4 Å². The number of halogens is 2. The van der Waals surface area contributed by atoms with E-state index in [1.807, 2.05) is 0 Å². The van der Waals surface area contributed by atoms with Gasteiger partial charge in [0.2, 0.25) is 0 Å². The number of hydrogen-bond acceptors (Lipinski definition) is 2. The van der Waals surface area contributed by atoms with Gasteiger partial charge < -0.3 is 5.73 Å². The Morgan fingerprint density at radius 1 is 1.43 bits per heavy atom. The van der Waals surface area contributed by atoms with Crippen LogP contribution >= 0.6 is 11.6 Å². The number of nitrogen functional groups attached to an aromatic ring is 1. The van der Waals surface area contributed by atoms with Gasteiger partial charge in [-0.3, -0.25) is 5.10 Å². The van der Waals surface area contributed by atoms with Crippen LogP contribution in [-0.2, 0) is 0 Å². The Morgan fingerprint density at radius 3 is 2.79 bits per heavy atom. The first kappa shape index (κ1) is 9.02. The van der Waals surface area contributed by atoms with Gasteiger partial charge in [-0.2, -0.15) is 5.10 Å². The lowest BCUT2D eigenvalue weighted by Gasteiger charge is -2.01. The molecule has 0 saturated heterocycles. The van der Waals surface area contributed by atoms with Gasteiger partial charge in [-0.1, -0.05) is 17.7 Å². The number of hydrogen-bond donors (Lipinski definition) is 2. The number of benzene rings is 1. The van der Waals surface area contributed by atoms with E-state index >= 15 is 0 Å². The summed E-state index contributed by atoms with van der Waals surface area (Å²) < 4.78 is 13.4. The molecule has 2 aromatic rings. The van der Waals surface area contributed by atoms with Gasteiger partial charge in [0.1, 0.15) is 11.6 Å². The maximum absolute atomic E-state index is 13.4. The third kappa shape index (κ3) is 1.44. The van der Waals surface area contributed by atoms with Crippen LogP contribution in [0.3, 0.4) is 0 Å². The van der Waals surface area contributed by atoms with Gasteiger partial charge in [0, 0.05) is 6.07 Å². The summed E-state index contributed by atoms with van der Waals surface area (Å²) in [6, 6.07) is 6.01. The predicted octanol–water partition coefficient (Wildman–Crippen LogP) is 2.45. The summed E-state index contributed by atoms with van der Waals surface area (Å²) in [7, 11) is 0. The molecular formula is C9H7ClFN3. The van der Waals surface area contributed by atoms with Crippen LogP contribution in [0, 0.1) is 5.82 Å². The lowest BCUT2D eigenvalue weighted by molar-refractivity contribution is 0.630. The van der Waals surface area contributed by atoms with Crippen LogP contribution in [0.15, 0.2) is 24.3 Å². The molecule has 1 aromatic heterocycles. The summed E-state index contributed by atoms with van der Waals surface area (Å²) >= 11 is 5.84. The fourth-order valence-electron chi connectivity index (χ4n) is 1.22. The van der Waals surface area contributed by atoms with Crippen LogP contribution in [0.25, 0.3) is 11.3 Å². The Morgan fingerprint density at radius 2 is 2.21 bits per heavy atom. The van der Waals surface area contributed by atoms with E-state index in [2.05, 4.69) is 10.2 Å². The van der Waals surface area contributed by atoms with E-state index in [0.29, 0.717) is 22.1 Å². The monoisotopic (exact) mass is 211 g/mol. The van der Waals surface area contributed by atoms with Crippen molar-refractivity contribution in [1.29, 1.82) is 0 Å². The van der Waals surface area contributed by atoms with Gasteiger partial charge in [0.05, 0.1) is 16.3 Å². The lowest BCUT2D eigenvalue weighted by atomic mass is 10.1. The van der Waals surface area contributed by atoms with Gasteiger partial charge in [0.15, 0.2) is 0 Å². The molecule has 0 aliphatic rings. The fourth-order valence-corrected chi connectivity index (χ4v) is 1.49. The van der Waals surface area contributed by atoms with Crippen molar-refractivity contribution in [3.63, 3.8) is 0 Å². The Kier molecular flexibility index (Phi) is 2.13. The Labute approximate surface area is 84.7 Å². The molecule has 1 heterocycles. The van der Waals surface area contributed by atoms with Crippen LogP contribution < -0.4 is 5.73 Å². The SMILES string of the molecule is Nc1cc(-c2c(F)cccc2Cl)[nH]n1. The van der Waals surface area contributed by atoms with E-state index < -0.39 is 5.82 Å². The van der Waals surface area contributed by atoms with Crippen LogP contribution in [0.4, 0.5) is 10.2 Å². The van der Waals surface area contributed by atoms with E-state index in [-0.39, 0.29) is 0 Å². The van der Waals surface area contributed by atoms with Gasteiger partial charge in [-0.15, -0.1) is 0 Å². The predicted molar refractivity (Wildman–Crippen MR) is 53.4 cm³/mol. The molecule has 72 valence electrons. The summed E-state index contributed by atoms with van der Waals surface area (Å²) in [5, 5.41) is 6.63. The summed E-state index contributed by atoms with van der Waals surface area (Å²) in [6.45, 7) is 0. The van der Waals surface area contributed by atoms with Gasteiger partial charge >= 0.3 is 0 Å². The number of aromatic amines is 1. The summed E-state index contributed by atoms with van der Waals surface area (Å²) in [5.74, 6) is -0.0968. The van der Waals surface area contributed by atoms with Crippen molar-refractivity contribution in [3.05, 3.63) is 35.1 Å². The molecule has 0 bridgehead atoms. The molecule has 0 amide bonds. The van der Waals surface area contributed by atoms with E-state index in [4.69, 9.17) is 17.3 Å². The largest absolute Gasteiger partial charge is 0.382 e. The van der Waals surface area contributed by atoms with Crippen molar-refractivity contribution in [3.8, 4) is 11.3 Å². The number of nitrogens with two attached hydrogens (primary N) is 1. The van der Waals surface area contributed by atoms with Crippen LogP contribution in [0.1, 0.15) is 0 Å². The summed E-state index contributed by atoms with van der Waals surface area (Å²) in [5.41, 5.74) is 6.18. The smallest absolute Gasteiger partial charge is 0.145 e. The van der Waals surface area contributed by atoms with E-state index in [9.17, 15) is 4.39 Å². The first-order valence-corrected chi connectivity index (χ1v) is 4.31.